The zero-order valence-electron chi connectivity index (χ0n) is 17.9. The van der Waals surface area contributed by atoms with Gasteiger partial charge in [0.25, 0.3) is 5.91 Å². The van der Waals surface area contributed by atoms with Gasteiger partial charge in [-0.3, -0.25) is 14.4 Å². The number of nitrogens with zero attached hydrogens (tertiary/aromatic N) is 5. The largest absolute Gasteiger partial charge is 0.361 e. The molecular weight excluding hydrogens is 421 g/mol. The predicted octanol–water partition coefficient (Wildman–Crippen LogP) is 3.60. The van der Waals surface area contributed by atoms with Crippen LogP contribution < -0.4 is 0 Å². The number of aryl methyl sites for hydroxylation is 2. The lowest BCUT2D eigenvalue weighted by molar-refractivity contribution is 0.0616. The fraction of sp³-hybridized carbons (Fsp3) is 0.409. The van der Waals surface area contributed by atoms with Gasteiger partial charge in [0.15, 0.2) is 5.69 Å². The Hall–Kier alpha value is -2.71. The van der Waals surface area contributed by atoms with E-state index in [1.807, 2.05) is 19.9 Å². The van der Waals surface area contributed by atoms with Crippen LogP contribution in [0.3, 0.4) is 0 Å². The second-order valence-corrected chi connectivity index (χ2v) is 8.25. The van der Waals surface area contributed by atoms with Crippen molar-refractivity contribution in [2.24, 2.45) is 0 Å². The van der Waals surface area contributed by atoms with Crippen molar-refractivity contribution in [2.75, 3.05) is 26.2 Å². The SMILES string of the molecule is Cc1nn(Cc2c(C(=O)N3CCN(Cc4ccccc4F)CC3)noc2C)c(C)c1Cl. The van der Waals surface area contributed by atoms with Crippen molar-refractivity contribution in [2.45, 2.75) is 33.9 Å². The van der Waals surface area contributed by atoms with Crippen LogP contribution in [0.15, 0.2) is 28.8 Å². The molecule has 0 atom stereocenters. The summed E-state index contributed by atoms with van der Waals surface area (Å²) in [6, 6.07) is 6.79. The Balaban J connectivity index is 1.44. The maximum atomic E-state index is 13.9. The third-order valence-electron chi connectivity index (χ3n) is 5.80. The molecule has 7 nitrogen and oxygen atoms in total. The number of rotatable bonds is 5. The molecule has 0 aliphatic carbocycles. The summed E-state index contributed by atoms with van der Waals surface area (Å²) in [4.78, 5) is 17.1. The molecule has 31 heavy (non-hydrogen) atoms. The van der Waals surface area contributed by atoms with Crippen LogP contribution in [0.2, 0.25) is 5.02 Å². The van der Waals surface area contributed by atoms with Gasteiger partial charge in [-0.25, -0.2) is 4.39 Å². The number of benzene rings is 1. The summed E-state index contributed by atoms with van der Waals surface area (Å²) >= 11 is 6.26. The molecule has 0 saturated carbocycles. The first kappa shape index (κ1) is 21.5. The van der Waals surface area contributed by atoms with E-state index in [-0.39, 0.29) is 11.7 Å². The van der Waals surface area contributed by atoms with Gasteiger partial charge in [0.1, 0.15) is 11.6 Å². The lowest BCUT2D eigenvalue weighted by atomic mass is 10.1. The molecule has 2 aromatic heterocycles. The first-order valence-corrected chi connectivity index (χ1v) is 10.6. The van der Waals surface area contributed by atoms with Gasteiger partial charge in [-0.15, -0.1) is 0 Å². The minimum Gasteiger partial charge on any atom is -0.361 e. The van der Waals surface area contributed by atoms with E-state index >= 15 is 0 Å². The molecule has 0 N–H and O–H groups in total. The topological polar surface area (TPSA) is 67.4 Å². The Morgan fingerprint density at radius 1 is 1.13 bits per heavy atom. The maximum Gasteiger partial charge on any atom is 0.276 e. The molecule has 1 aromatic carbocycles. The molecule has 0 unspecified atom stereocenters. The zero-order chi connectivity index (χ0) is 22.1. The summed E-state index contributed by atoms with van der Waals surface area (Å²) in [5.74, 6) is 0.225. The molecule has 1 aliphatic rings. The highest BCUT2D eigenvalue weighted by molar-refractivity contribution is 6.31. The quantitative estimate of drug-likeness (QED) is 0.600. The molecule has 1 amide bonds. The average molecular weight is 446 g/mol. The first-order chi connectivity index (χ1) is 14.8. The van der Waals surface area contributed by atoms with Gasteiger partial charge in [-0.2, -0.15) is 5.10 Å². The van der Waals surface area contributed by atoms with Crippen LogP contribution in [0.1, 0.15) is 38.8 Å². The second-order valence-electron chi connectivity index (χ2n) is 7.87. The fourth-order valence-electron chi connectivity index (χ4n) is 3.85. The molecule has 4 rings (SSSR count). The van der Waals surface area contributed by atoms with E-state index in [0.717, 1.165) is 11.4 Å². The molecule has 0 spiro atoms. The van der Waals surface area contributed by atoms with E-state index in [9.17, 15) is 9.18 Å². The Morgan fingerprint density at radius 2 is 1.84 bits per heavy atom. The number of carbonyl (C=O) groups is 1. The van der Waals surface area contributed by atoms with Gasteiger partial charge in [-0.1, -0.05) is 35.0 Å². The Kier molecular flexibility index (Phi) is 6.11. The van der Waals surface area contributed by atoms with E-state index in [1.165, 1.54) is 6.07 Å². The standard InChI is InChI=1S/C22H25ClFN5O2/c1-14-20(23)15(2)29(25-14)13-18-16(3)31-26-21(18)22(30)28-10-8-27(9-11-28)12-17-6-4-5-7-19(17)24/h4-7H,8-13H2,1-3H3. The number of amides is 1. The highest BCUT2D eigenvalue weighted by Gasteiger charge is 2.28. The van der Waals surface area contributed by atoms with Crippen LogP contribution in [0.25, 0.3) is 0 Å². The van der Waals surface area contributed by atoms with Crippen LogP contribution in [0.5, 0.6) is 0 Å². The number of hydrogen-bond acceptors (Lipinski definition) is 5. The molecule has 1 fully saturated rings. The second kappa shape index (κ2) is 8.80. The number of piperazine rings is 1. The van der Waals surface area contributed by atoms with Crippen molar-refractivity contribution in [3.05, 3.63) is 69.1 Å². The Labute approximate surface area is 185 Å². The summed E-state index contributed by atoms with van der Waals surface area (Å²) in [5.41, 5.74) is 3.26. The molecular formula is C22H25ClFN5O2. The van der Waals surface area contributed by atoms with Gasteiger partial charge in [0, 0.05) is 43.9 Å². The van der Waals surface area contributed by atoms with Crippen LogP contribution in [-0.4, -0.2) is 56.8 Å². The van der Waals surface area contributed by atoms with Crippen molar-refractivity contribution in [1.29, 1.82) is 0 Å². The van der Waals surface area contributed by atoms with E-state index in [2.05, 4.69) is 15.2 Å². The van der Waals surface area contributed by atoms with E-state index in [0.29, 0.717) is 66.9 Å². The minimum absolute atomic E-state index is 0.162. The number of aromatic nitrogens is 3. The summed E-state index contributed by atoms with van der Waals surface area (Å²) in [5, 5.41) is 9.11. The van der Waals surface area contributed by atoms with Gasteiger partial charge >= 0.3 is 0 Å². The number of halogens is 2. The van der Waals surface area contributed by atoms with Gasteiger partial charge in [0.2, 0.25) is 0 Å². The molecule has 0 radical (unpaired) electrons. The van der Waals surface area contributed by atoms with E-state index in [4.69, 9.17) is 16.1 Å². The highest BCUT2D eigenvalue weighted by Crippen LogP contribution is 2.23. The Morgan fingerprint density at radius 3 is 2.48 bits per heavy atom. The van der Waals surface area contributed by atoms with E-state index < -0.39 is 0 Å². The molecule has 164 valence electrons. The van der Waals surface area contributed by atoms with Crippen LogP contribution in [0, 0.1) is 26.6 Å². The minimum atomic E-state index is -0.201. The smallest absolute Gasteiger partial charge is 0.276 e. The monoisotopic (exact) mass is 445 g/mol. The molecule has 3 heterocycles. The molecule has 0 bridgehead atoms. The van der Waals surface area contributed by atoms with Crippen molar-refractivity contribution in [3.63, 3.8) is 0 Å². The molecule has 3 aromatic rings. The van der Waals surface area contributed by atoms with Gasteiger partial charge < -0.3 is 9.42 Å². The maximum absolute atomic E-state index is 13.9. The number of hydrogen-bond donors (Lipinski definition) is 0. The van der Waals surface area contributed by atoms with Crippen molar-refractivity contribution in [1.82, 2.24) is 24.7 Å². The average Bonchev–Trinajstić information content (AvgIpc) is 3.24. The molecule has 1 saturated heterocycles. The zero-order valence-corrected chi connectivity index (χ0v) is 18.6. The number of carbonyl (C=O) groups excluding carboxylic acids is 1. The van der Waals surface area contributed by atoms with Crippen molar-refractivity contribution < 1.29 is 13.7 Å². The Bertz CT molecular complexity index is 1100. The fourth-order valence-corrected chi connectivity index (χ4v) is 3.99. The summed E-state index contributed by atoms with van der Waals surface area (Å²) < 4.78 is 21.0. The normalized spacial score (nSPS) is 14.9. The molecule has 1 aliphatic heterocycles. The van der Waals surface area contributed by atoms with Crippen molar-refractivity contribution in [3.8, 4) is 0 Å². The van der Waals surface area contributed by atoms with Crippen LogP contribution >= 0.6 is 11.6 Å². The highest BCUT2D eigenvalue weighted by atomic mass is 35.5. The summed E-state index contributed by atoms with van der Waals surface area (Å²) in [6.07, 6.45) is 0. The van der Waals surface area contributed by atoms with Gasteiger partial charge in [0.05, 0.1) is 23.0 Å². The van der Waals surface area contributed by atoms with Crippen LogP contribution in [0.4, 0.5) is 4.39 Å². The third-order valence-corrected chi connectivity index (χ3v) is 6.35. The first-order valence-electron chi connectivity index (χ1n) is 10.2. The summed E-state index contributed by atoms with van der Waals surface area (Å²) in [7, 11) is 0. The predicted molar refractivity (Wildman–Crippen MR) is 115 cm³/mol. The molecule has 9 heteroatoms. The lowest BCUT2D eigenvalue weighted by Gasteiger charge is -2.34. The summed E-state index contributed by atoms with van der Waals surface area (Å²) in [6.45, 7) is 8.84. The van der Waals surface area contributed by atoms with Crippen LogP contribution in [-0.2, 0) is 13.1 Å². The van der Waals surface area contributed by atoms with E-state index in [1.54, 1.807) is 28.6 Å². The van der Waals surface area contributed by atoms with Crippen molar-refractivity contribution >= 4 is 17.5 Å². The third kappa shape index (κ3) is 4.36. The van der Waals surface area contributed by atoms with Gasteiger partial charge in [-0.05, 0) is 26.8 Å². The lowest BCUT2D eigenvalue weighted by Crippen LogP contribution is -2.48.